The summed E-state index contributed by atoms with van der Waals surface area (Å²) in [7, 11) is 0. The Morgan fingerprint density at radius 3 is 2.90 bits per heavy atom. The Kier molecular flexibility index (Phi) is 3.75. The van der Waals surface area contributed by atoms with E-state index in [1.54, 1.807) is 11.3 Å². The zero-order chi connectivity index (χ0) is 15.0. The predicted molar refractivity (Wildman–Crippen MR) is 86.7 cm³/mol. The molecule has 1 N–H and O–H groups in total. The van der Waals surface area contributed by atoms with Crippen LogP contribution in [0.15, 0.2) is 12.4 Å². The first-order valence-corrected chi connectivity index (χ1v) is 8.20. The molecule has 0 unspecified atom stereocenters. The fraction of sp³-hybridized carbons (Fsp3) is 0.600. The molecule has 0 radical (unpaired) electrons. The number of anilines is 1. The molecule has 0 atom stereocenters. The van der Waals surface area contributed by atoms with Gasteiger partial charge >= 0.3 is 0 Å². The summed E-state index contributed by atoms with van der Waals surface area (Å²) < 4.78 is 2.22. The highest BCUT2D eigenvalue weighted by molar-refractivity contribution is 7.15. The Labute approximate surface area is 130 Å². The molecule has 5 nitrogen and oxygen atoms in total. The first-order chi connectivity index (χ1) is 9.92. The Morgan fingerprint density at radius 2 is 2.14 bits per heavy atom. The van der Waals surface area contributed by atoms with Crippen molar-refractivity contribution in [2.45, 2.75) is 52.9 Å². The summed E-state index contributed by atoms with van der Waals surface area (Å²) in [6.07, 6.45) is 3.93. The molecule has 114 valence electrons. The van der Waals surface area contributed by atoms with Gasteiger partial charge in [0.25, 0.3) is 0 Å². The van der Waals surface area contributed by atoms with Gasteiger partial charge < -0.3 is 14.8 Å². The van der Waals surface area contributed by atoms with E-state index in [0.717, 1.165) is 42.8 Å². The second kappa shape index (κ2) is 5.42. The molecule has 3 rings (SSSR count). The second-order valence-electron chi connectivity index (χ2n) is 6.57. The number of thiazole rings is 1. The van der Waals surface area contributed by atoms with Gasteiger partial charge in [-0.2, -0.15) is 0 Å². The third-order valence-electron chi connectivity index (χ3n) is 3.68. The molecule has 0 fully saturated rings. The number of nitrogens with one attached hydrogen (secondary N) is 1. The number of aryl methyl sites for hydroxylation is 1. The van der Waals surface area contributed by atoms with Gasteiger partial charge in [0.15, 0.2) is 5.13 Å². The van der Waals surface area contributed by atoms with Gasteiger partial charge in [0.1, 0.15) is 5.82 Å². The number of hydrogen-bond acceptors (Lipinski definition) is 5. The van der Waals surface area contributed by atoms with E-state index in [2.05, 4.69) is 53.7 Å². The van der Waals surface area contributed by atoms with Gasteiger partial charge in [0.05, 0.1) is 12.2 Å². The van der Waals surface area contributed by atoms with Gasteiger partial charge in [-0.1, -0.05) is 0 Å². The second-order valence-corrected chi connectivity index (χ2v) is 7.63. The lowest BCUT2D eigenvalue weighted by Crippen LogP contribution is -2.35. The van der Waals surface area contributed by atoms with E-state index in [0.29, 0.717) is 0 Å². The zero-order valence-corrected chi connectivity index (χ0v) is 14.0. The smallest absolute Gasteiger partial charge is 0.186 e. The quantitative estimate of drug-likeness (QED) is 0.946. The number of hydrogen-bond donors (Lipinski definition) is 1. The Hall–Kier alpha value is -1.40. The molecule has 0 spiro atoms. The van der Waals surface area contributed by atoms with Gasteiger partial charge in [0, 0.05) is 42.4 Å². The number of imidazole rings is 1. The van der Waals surface area contributed by atoms with Crippen LogP contribution in [0.5, 0.6) is 0 Å². The molecular weight excluding hydrogens is 282 g/mol. The minimum absolute atomic E-state index is 0.131. The zero-order valence-electron chi connectivity index (χ0n) is 13.2. The number of aromatic nitrogens is 3. The van der Waals surface area contributed by atoms with Crippen molar-refractivity contribution in [3.63, 3.8) is 0 Å². The molecule has 0 saturated carbocycles. The molecule has 0 aliphatic carbocycles. The van der Waals surface area contributed by atoms with Crippen LogP contribution in [0.3, 0.4) is 0 Å². The summed E-state index contributed by atoms with van der Waals surface area (Å²) in [6.45, 7) is 12.4. The van der Waals surface area contributed by atoms with E-state index < -0.39 is 0 Å². The number of fused-ring (bicyclic) bond motifs is 1. The summed E-state index contributed by atoms with van der Waals surface area (Å²) in [4.78, 5) is 12.8. The number of nitrogens with zero attached hydrogens (tertiary/aromatic N) is 4. The molecule has 3 heterocycles. The minimum Gasteiger partial charge on any atom is -0.339 e. The van der Waals surface area contributed by atoms with Crippen LogP contribution < -0.4 is 10.2 Å². The van der Waals surface area contributed by atoms with Crippen LogP contribution in [-0.4, -0.2) is 26.6 Å². The van der Waals surface area contributed by atoms with Gasteiger partial charge in [-0.15, -0.1) is 11.3 Å². The summed E-state index contributed by atoms with van der Waals surface area (Å²) in [5, 5.41) is 4.66. The van der Waals surface area contributed by atoms with Crippen LogP contribution in [-0.2, 0) is 19.6 Å². The summed E-state index contributed by atoms with van der Waals surface area (Å²) in [6, 6.07) is 0. The van der Waals surface area contributed by atoms with E-state index in [1.807, 2.05) is 6.20 Å². The van der Waals surface area contributed by atoms with Crippen LogP contribution >= 0.6 is 11.3 Å². The van der Waals surface area contributed by atoms with Crippen molar-refractivity contribution in [2.24, 2.45) is 0 Å². The lowest BCUT2D eigenvalue weighted by Gasteiger charge is -2.27. The SMILES string of the molecule is Cc1nc(N2CCn3ccnc3C2)sc1CNC(C)(C)C. The number of rotatable bonds is 3. The lowest BCUT2D eigenvalue weighted by molar-refractivity contribution is 0.425. The summed E-state index contributed by atoms with van der Waals surface area (Å²) in [5.74, 6) is 1.13. The van der Waals surface area contributed by atoms with E-state index in [-0.39, 0.29) is 5.54 Å². The van der Waals surface area contributed by atoms with Crippen LogP contribution in [0.1, 0.15) is 37.2 Å². The molecule has 2 aromatic heterocycles. The highest BCUT2D eigenvalue weighted by Gasteiger charge is 2.21. The van der Waals surface area contributed by atoms with Crippen molar-refractivity contribution >= 4 is 16.5 Å². The average Bonchev–Trinajstić information content (AvgIpc) is 3.01. The molecule has 0 aromatic carbocycles. The lowest BCUT2D eigenvalue weighted by atomic mass is 10.1. The van der Waals surface area contributed by atoms with E-state index in [1.165, 1.54) is 4.88 Å². The Morgan fingerprint density at radius 1 is 1.33 bits per heavy atom. The van der Waals surface area contributed by atoms with Crippen molar-refractivity contribution in [1.82, 2.24) is 19.9 Å². The van der Waals surface area contributed by atoms with Gasteiger partial charge in [-0.05, 0) is 27.7 Å². The molecule has 1 aliphatic rings. The third-order valence-corrected chi connectivity index (χ3v) is 4.89. The predicted octanol–water partition coefficient (Wildman–Crippen LogP) is 2.56. The molecule has 2 aromatic rings. The van der Waals surface area contributed by atoms with Crippen molar-refractivity contribution in [3.8, 4) is 0 Å². The standard InChI is InChI=1S/C15H23N5S/c1-11-12(9-17-15(2,3)4)21-14(18-11)20-8-7-19-6-5-16-13(19)10-20/h5-6,17H,7-10H2,1-4H3. The van der Waals surface area contributed by atoms with Gasteiger partial charge in [-0.3, -0.25) is 0 Å². The molecule has 0 saturated heterocycles. The monoisotopic (exact) mass is 305 g/mol. The fourth-order valence-electron chi connectivity index (χ4n) is 2.39. The van der Waals surface area contributed by atoms with Crippen LogP contribution in [0.2, 0.25) is 0 Å². The summed E-state index contributed by atoms with van der Waals surface area (Å²) >= 11 is 1.80. The van der Waals surface area contributed by atoms with Crippen molar-refractivity contribution in [3.05, 3.63) is 28.8 Å². The maximum Gasteiger partial charge on any atom is 0.186 e. The fourth-order valence-corrected chi connectivity index (χ4v) is 3.42. The molecular formula is C15H23N5S. The highest BCUT2D eigenvalue weighted by Crippen LogP contribution is 2.28. The molecule has 1 aliphatic heterocycles. The largest absolute Gasteiger partial charge is 0.339 e. The molecule has 0 bridgehead atoms. The van der Waals surface area contributed by atoms with Crippen LogP contribution in [0.25, 0.3) is 0 Å². The first kappa shape index (κ1) is 14.5. The van der Waals surface area contributed by atoms with Crippen molar-refractivity contribution < 1.29 is 0 Å². The highest BCUT2D eigenvalue weighted by atomic mass is 32.1. The van der Waals surface area contributed by atoms with E-state index >= 15 is 0 Å². The van der Waals surface area contributed by atoms with Crippen LogP contribution in [0.4, 0.5) is 5.13 Å². The topological polar surface area (TPSA) is 46.0 Å². The van der Waals surface area contributed by atoms with E-state index in [9.17, 15) is 0 Å². The Bertz CT molecular complexity index is 622. The van der Waals surface area contributed by atoms with Gasteiger partial charge in [0.2, 0.25) is 0 Å². The average molecular weight is 305 g/mol. The summed E-state index contributed by atoms with van der Waals surface area (Å²) in [5.41, 5.74) is 1.27. The third kappa shape index (κ3) is 3.27. The normalized spacial score (nSPS) is 15.3. The maximum absolute atomic E-state index is 4.76. The maximum atomic E-state index is 4.76. The first-order valence-electron chi connectivity index (χ1n) is 7.39. The van der Waals surface area contributed by atoms with Crippen LogP contribution in [0, 0.1) is 6.92 Å². The molecule has 21 heavy (non-hydrogen) atoms. The van der Waals surface area contributed by atoms with Crippen molar-refractivity contribution in [2.75, 3.05) is 11.4 Å². The van der Waals surface area contributed by atoms with Gasteiger partial charge in [-0.25, -0.2) is 9.97 Å². The minimum atomic E-state index is 0.131. The molecule has 6 heteroatoms. The Balaban J connectivity index is 1.72. The van der Waals surface area contributed by atoms with Crippen molar-refractivity contribution in [1.29, 1.82) is 0 Å². The van der Waals surface area contributed by atoms with E-state index in [4.69, 9.17) is 4.98 Å². The molecule has 0 amide bonds.